The number of nitrogen functional groups attached to an aromatic ring is 1. The monoisotopic (exact) mass is 245 g/mol. The van der Waals surface area contributed by atoms with Gasteiger partial charge in [0.2, 0.25) is 5.95 Å². The molecular formula is C12H11N3O3. The molecule has 3 N–H and O–H groups in total. The molecule has 1 aromatic carbocycles. The second-order valence-corrected chi connectivity index (χ2v) is 3.60. The summed E-state index contributed by atoms with van der Waals surface area (Å²) in [6.45, 7) is 0. The predicted octanol–water partition coefficient (Wildman–Crippen LogP) is 1.48. The number of hydrogen-bond donors (Lipinski definition) is 2. The van der Waals surface area contributed by atoms with Gasteiger partial charge in [0.1, 0.15) is 5.75 Å². The lowest BCUT2D eigenvalue weighted by Crippen LogP contribution is -2.00. The van der Waals surface area contributed by atoms with E-state index in [2.05, 4.69) is 9.97 Å². The Morgan fingerprint density at radius 3 is 2.67 bits per heavy atom. The third-order valence-electron chi connectivity index (χ3n) is 2.14. The average Bonchev–Trinajstić information content (AvgIpc) is 2.32. The molecule has 1 heterocycles. The first kappa shape index (κ1) is 11.8. The molecule has 92 valence electrons. The van der Waals surface area contributed by atoms with E-state index in [0.29, 0.717) is 17.1 Å². The quantitative estimate of drug-likeness (QED) is 0.846. The lowest BCUT2D eigenvalue weighted by molar-refractivity contribution is -0.136. The van der Waals surface area contributed by atoms with Crippen molar-refractivity contribution < 1.29 is 14.6 Å². The molecule has 0 radical (unpaired) electrons. The first-order valence-electron chi connectivity index (χ1n) is 5.19. The normalized spacial score (nSPS) is 10.0. The molecule has 0 atom stereocenters. The Balaban J connectivity index is 2.13. The van der Waals surface area contributed by atoms with Gasteiger partial charge in [0.15, 0.2) is 5.75 Å². The van der Waals surface area contributed by atoms with Crippen molar-refractivity contribution in [1.29, 1.82) is 0 Å². The number of rotatable bonds is 4. The van der Waals surface area contributed by atoms with Gasteiger partial charge in [-0.25, -0.2) is 9.97 Å². The fraction of sp³-hybridized carbons (Fsp3) is 0.0833. The zero-order valence-electron chi connectivity index (χ0n) is 9.41. The zero-order chi connectivity index (χ0) is 13.0. The van der Waals surface area contributed by atoms with Crippen LogP contribution in [0.4, 0.5) is 5.95 Å². The molecular weight excluding hydrogens is 234 g/mol. The van der Waals surface area contributed by atoms with Gasteiger partial charge in [0, 0.05) is 0 Å². The van der Waals surface area contributed by atoms with Crippen LogP contribution in [-0.2, 0) is 11.2 Å². The summed E-state index contributed by atoms with van der Waals surface area (Å²) in [7, 11) is 0. The minimum absolute atomic E-state index is 0.0462. The maximum absolute atomic E-state index is 10.6. The largest absolute Gasteiger partial charge is 0.481 e. The van der Waals surface area contributed by atoms with Crippen LogP contribution in [0.5, 0.6) is 11.5 Å². The number of carboxylic acids is 1. The summed E-state index contributed by atoms with van der Waals surface area (Å²) in [5.41, 5.74) is 6.02. The van der Waals surface area contributed by atoms with Crippen molar-refractivity contribution in [1.82, 2.24) is 9.97 Å². The molecule has 0 spiro atoms. The molecule has 0 aliphatic heterocycles. The SMILES string of the molecule is Nc1ncc(Oc2cccc(CC(=O)O)c2)cn1. The number of aliphatic carboxylic acids is 1. The zero-order valence-corrected chi connectivity index (χ0v) is 9.41. The number of anilines is 1. The molecule has 0 saturated carbocycles. The van der Waals surface area contributed by atoms with Gasteiger partial charge in [-0.15, -0.1) is 0 Å². The first-order valence-corrected chi connectivity index (χ1v) is 5.19. The summed E-state index contributed by atoms with van der Waals surface area (Å²) >= 11 is 0. The highest BCUT2D eigenvalue weighted by atomic mass is 16.5. The van der Waals surface area contributed by atoms with Crippen LogP contribution in [0, 0.1) is 0 Å². The third kappa shape index (κ3) is 3.18. The van der Waals surface area contributed by atoms with Crippen LogP contribution in [-0.4, -0.2) is 21.0 Å². The summed E-state index contributed by atoms with van der Waals surface area (Å²) in [6, 6.07) is 6.83. The minimum Gasteiger partial charge on any atom is -0.481 e. The van der Waals surface area contributed by atoms with Crippen molar-refractivity contribution in [3.05, 3.63) is 42.2 Å². The van der Waals surface area contributed by atoms with Gasteiger partial charge in [-0.3, -0.25) is 4.79 Å². The Labute approximate surface area is 103 Å². The van der Waals surface area contributed by atoms with E-state index in [9.17, 15) is 4.79 Å². The Bertz CT molecular complexity index is 555. The Morgan fingerprint density at radius 1 is 1.28 bits per heavy atom. The van der Waals surface area contributed by atoms with E-state index >= 15 is 0 Å². The van der Waals surface area contributed by atoms with E-state index in [1.165, 1.54) is 12.4 Å². The summed E-state index contributed by atoms with van der Waals surface area (Å²) in [4.78, 5) is 18.2. The highest BCUT2D eigenvalue weighted by Gasteiger charge is 2.03. The number of carbonyl (C=O) groups is 1. The van der Waals surface area contributed by atoms with Crippen LogP contribution in [0.15, 0.2) is 36.7 Å². The van der Waals surface area contributed by atoms with E-state index in [1.807, 2.05) is 0 Å². The number of nitrogens with zero attached hydrogens (tertiary/aromatic N) is 2. The predicted molar refractivity (Wildman–Crippen MR) is 64.3 cm³/mol. The second-order valence-electron chi connectivity index (χ2n) is 3.60. The summed E-state index contributed by atoms with van der Waals surface area (Å²) < 4.78 is 5.48. The minimum atomic E-state index is -0.886. The molecule has 1 aromatic heterocycles. The summed E-state index contributed by atoms with van der Waals surface area (Å²) in [5, 5.41) is 8.70. The van der Waals surface area contributed by atoms with Gasteiger partial charge in [0.05, 0.1) is 18.8 Å². The van der Waals surface area contributed by atoms with Crippen molar-refractivity contribution in [2.45, 2.75) is 6.42 Å². The second kappa shape index (κ2) is 5.13. The molecule has 0 aliphatic rings. The lowest BCUT2D eigenvalue weighted by atomic mass is 10.1. The van der Waals surface area contributed by atoms with E-state index in [4.69, 9.17) is 15.6 Å². The smallest absolute Gasteiger partial charge is 0.307 e. The fourth-order valence-corrected chi connectivity index (χ4v) is 1.41. The first-order chi connectivity index (χ1) is 8.63. The topological polar surface area (TPSA) is 98.3 Å². The molecule has 0 fully saturated rings. The highest BCUT2D eigenvalue weighted by molar-refractivity contribution is 5.70. The van der Waals surface area contributed by atoms with Crippen molar-refractivity contribution in [3.63, 3.8) is 0 Å². The number of carboxylic acid groups (broad SMARTS) is 1. The van der Waals surface area contributed by atoms with Gasteiger partial charge in [-0.2, -0.15) is 0 Å². The molecule has 6 heteroatoms. The van der Waals surface area contributed by atoms with E-state index in [-0.39, 0.29) is 12.4 Å². The molecule has 2 rings (SSSR count). The number of benzene rings is 1. The van der Waals surface area contributed by atoms with Crippen LogP contribution in [0.1, 0.15) is 5.56 Å². The standard InChI is InChI=1S/C12H11N3O3/c13-12-14-6-10(7-15-12)18-9-3-1-2-8(4-9)5-11(16)17/h1-4,6-7H,5H2,(H,16,17)(H2,13,14,15). The van der Waals surface area contributed by atoms with Crippen molar-refractivity contribution in [2.24, 2.45) is 0 Å². The lowest BCUT2D eigenvalue weighted by Gasteiger charge is -2.06. The van der Waals surface area contributed by atoms with Crippen LogP contribution < -0.4 is 10.5 Å². The average molecular weight is 245 g/mol. The Hall–Kier alpha value is -2.63. The van der Waals surface area contributed by atoms with Crippen LogP contribution in [0.3, 0.4) is 0 Å². The van der Waals surface area contributed by atoms with Gasteiger partial charge in [-0.1, -0.05) is 12.1 Å². The van der Waals surface area contributed by atoms with Crippen molar-refractivity contribution >= 4 is 11.9 Å². The number of ether oxygens (including phenoxy) is 1. The maximum Gasteiger partial charge on any atom is 0.307 e. The molecule has 0 unspecified atom stereocenters. The van der Waals surface area contributed by atoms with E-state index in [1.54, 1.807) is 24.3 Å². The molecule has 6 nitrogen and oxygen atoms in total. The van der Waals surface area contributed by atoms with E-state index in [0.717, 1.165) is 0 Å². The van der Waals surface area contributed by atoms with Crippen LogP contribution in [0.2, 0.25) is 0 Å². The number of nitrogens with two attached hydrogens (primary N) is 1. The van der Waals surface area contributed by atoms with Crippen molar-refractivity contribution in [2.75, 3.05) is 5.73 Å². The van der Waals surface area contributed by atoms with E-state index < -0.39 is 5.97 Å². The molecule has 0 aliphatic carbocycles. The van der Waals surface area contributed by atoms with Gasteiger partial charge < -0.3 is 15.6 Å². The fourth-order valence-electron chi connectivity index (χ4n) is 1.41. The Kier molecular flexibility index (Phi) is 3.38. The molecule has 0 bridgehead atoms. The van der Waals surface area contributed by atoms with Crippen LogP contribution >= 0.6 is 0 Å². The molecule has 2 aromatic rings. The number of hydrogen-bond acceptors (Lipinski definition) is 5. The third-order valence-corrected chi connectivity index (χ3v) is 2.14. The summed E-state index contributed by atoms with van der Waals surface area (Å²) in [6.07, 6.45) is 2.86. The highest BCUT2D eigenvalue weighted by Crippen LogP contribution is 2.21. The Morgan fingerprint density at radius 2 is 2.00 bits per heavy atom. The van der Waals surface area contributed by atoms with Gasteiger partial charge >= 0.3 is 5.97 Å². The van der Waals surface area contributed by atoms with Gasteiger partial charge in [-0.05, 0) is 17.7 Å². The number of aromatic nitrogens is 2. The van der Waals surface area contributed by atoms with Crippen molar-refractivity contribution in [3.8, 4) is 11.5 Å². The molecule has 18 heavy (non-hydrogen) atoms. The van der Waals surface area contributed by atoms with Crippen LogP contribution in [0.25, 0.3) is 0 Å². The summed E-state index contributed by atoms with van der Waals surface area (Å²) in [5.74, 6) is 0.253. The molecule has 0 saturated heterocycles. The maximum atomic E-state index is 10.6. The van der Waals surface area contributed by atoms with Gasteiger partial charge in [0.25, 0.3) is 0 Å². The molecule has 0 amide bonds.